The number of nitrogens with zero attached hydrogens (tertiary/aromatic N) is 3. The fourth-order valence-corrected chi connectivity index (χ4v) is 4.98. The van der Waals surface area contributed by atoms with E-state index in [0.717, 1.165) is 39.1 Å². The molecule has 0 unspecified atom stereocenters. The quantitative estimate of drug-likeness (QED) is 0.488. The van der Waals surface area contributed by atoms with Crippen molar-refractivity contribution in [3.05, 3.63) is 38.9 Å². The van der Waals surface area contributed by atoms with E-state index in [9.17, 15) is 19.7 Å². The van der Waals surface area contributed by atoms with Crippen molar-refractivity contribution in [1.29, 1.82) is 0 Å². The van der Waals surface area contributed by atoms with Crippen LogP contribution >= 0.6 is 0 Å². The molecule has 2 fully saturated rings. The summed E-state index contributed by atoms with van der Waals surface area (Å²) in [6.45, 7) is 4.25. The van der Waals surface area contributed by atoms with Crippen LogP contribution in [0.15, 0.2) is 27.4 Å². The monoisotopic (exact) mass is 446 g/mol. The van der Waals surface area contributed by atoms with Crippen LogP contribution in [0, 0.1) is 10.1 Å². The molecule has 2 heterocycles. The largest absolute Gasteiger partial charge is 0.419 e. The van der Waals surface area contributed by atoms with Gasteiger partial charge in [-0.25, -0.2) is 4.79 Å². The zero-order valence-corrected chi connectivity index (χ0v) is 18.2. The van der Waals surface area contributed by atoms with Crippen molar-refractivity contribution >= 4 is 22.7 Å². The lowest BCUT2D eigenvalue weighted by Crippen LogP contribution is -2.59. The molecule has 0 atom stereocenters. The van der Waals surface area contributed by atoms with E-state index in [4.69, 9.17) is 9.15 Å². The highest BCUT2D eigenvalue weighted by Crippen LogP contribution is 2.34. The molecule has 1 saturated carbocycles. The fourth-order valence-electron chi connectivity index (χ4n) is 4.98. The summed E-state index contributed by atoms with van der Waals surface area (Å²) in [5.74, 6) is -0.603. The molecule has 0 spiro atoms. The molecule has 10 heteroatoms. The van der Waals surface area contributed by atoms with Gasteiger partial charge in [0.25, 0.3) is 5.69 Å². The number of non-ortho nitro benzene ring substituents is 1. The first-order chi connectivity index (χ1) is 15.5. The molecule has 1 saturated heterocycles. The number of oxazole rings is 1. The first kappa shape index (κ1) is 22.5. The van der Waals surface area contributed by atoms with Crippen LogP contribution < -0.4 is 11.1 Å². The molecule has 2 aromatic rings. The van der Waals surface area contributed by atoms with Crippen LogP contribution in [-0.4, -0.2) is 58.7 Å². The number of benzene rings is 1. The van der Waals surface area contributed by atoms with E-state index in [1.165, 1.54) is 42.0 Å². The van der Waals surface area contributed by atoms with Crippen molar-refractivity contribution < 1.29 is 18.9 Å². The number of nitro groups is 1. The third-order valence-corrected chi connectivity index (χ3v) is 6.73. The Morgan fingerprint density at radius 1 is 1.19 bits per heavy atom. The Balaban J connectivity index is 1.32. The predicted octanol–water partition coefficient (Wildman–Crippen LogP) is 2.43. The van der Waals surface area contributed by atoms with Crippen LogP contribution in [0.3, 0.4) is 0 Å². The van der Waals surface area contributed by atoms with Crippen LogP contribution in [0.1, 0.15) is 44.9 Å². The normalized spacial score (nSPS) is 19.1. The number of carbonyl (C=O) groups is 1. The van der Waals surface area contributed by atoms with Gasteiger partial charge in [0.1, 0.15) is 0 Å². The number of carbonyl (C=O) groups excluding carboxylic acids is 1. The second kappa shape index (κ2) is 9.83. The molecule has 1 aromatic carbocycles. The zero-order chi connectivity index (χ0) is 22.6. The molecule has 2 aliphatic rings. The molecule has 1 amide bonds. The van der Waals surface area contributed by atoms with Crippen LogP contribution in [0.4, 0.5) is 5.69 Å². The minimum absolute atomic E-state index is 0.0180. The minimum Gasteiger partial charge on any atom is -0.407 e. The van der Waals surface area contributed by atoms with Crippen molar-refractivity contribution in [2.24, 2.45) is 0 Å². The summed E-state index contributed by atoms with van der Waals surface area (Å²) < 4.78 is 12.1. The Bertz CT molecular complexity index is 1020. The lowest BCUT2D eigenvalue weighted by atomic mass is 9.79. The Labute approximate surface area is 185 Å². The molecular weight excluding hydrogens is 416 g/mol. The van der Waals surface area contributed by atoms with Gasteiger partial charge in [0.15, 0.2) is 5.58 Å². The highest BCUT2D eigenvalue weighted by atomic mass is 16.6. The Kier molecular flexibility index (Phi) is 6.90. The standard InChI is InChI=1S/C22H30N4O6/c27-20(23-16-22(8-2-1-3-9-22)24-11-13-31-14-12-24)5-4-10-25-18-7-6-17(26(29)30)15-19(18)32-21(25)28/h6-7,15H,1-5,8-14,16H2,(H,23,27). The second-order valence-electron chi connectivity index (χ2n) is 8.69. The zero-order valence-electron chi connectivity index (χ0n) is 18.2. The maximum atomic E-state index is 12.6. The molecule has 10 nitrogen and oxygen atoms in total. The average Bonchev–Trinajstić information content (AvgIpc) is 3.13. The second-order valence-corrected chi connectivity index (χ2v) is 8.69. The third-order valence-electron chi connectivity index (χ3n) is 6.73. The molecule has 0 bridgehead atoms. The van der Waals surface area contributed by atoms with E-state index in [2.05, 4.69) is 10.2 Å². The van der Waals surface area contributed by atoms with Gasteiger partial charge in [0.2, 0.25) is 5.91 Å². The number of nitrogens with one attached hydrogen (secondary N) is 1. The molecule has 32 heavy (non-hydrogen) atoms. The number of hydrogen-bond donors (Lipinski definition) is 1. The lowest BCUT2D eigenvalue weighted by molar-refractivity contribution is -0.384. The topological polar surface area (TPSA) is 120 Å². The van der Waals surface area contributed by atoms with Crippen LogP contribution in [-0.2, 0) is 16.1 Å². The first-order valence-electron chi connectivity index (χ1n) is 11.4. The summed E-state index contributed by atoms with van der Waals surface area (Å²) in [7, 11) is 0. The molecular formula is C22H30N4O6. The van der Waals surface area contributed by atoms with E-state index in [0.29, 0.717) is 31.4 Å². The van der Waals surface area contributed by atoms with Crippen molar-refractivity contribution in [2.45, 2.75) is 57.0 Å². The third kappa shape index (κ3) is 4.86. The average molecular weight is 447 g/mol. The minimum atomic E-state index is -0.575. The highest BCUT2D eigenvalue weighted by Gasteiger charge is 2.38. The van der Waals surface area contributed by atoms with E-state index in [1.807, 2.05) is 0 Å². The van der Waals surface area contributed by atoms with Gasteiger partial charge in [-0.3, -0.25) is 24.4 Å². The van der Waals surface area contributed by atoms with E-state index >= 15 is 0 Å². The first-order valence-corrected chi connectivity index (χ1v) is 11.4. The number of hydrogen-bond acceptors (Lipinski definition) is 7. The van der Waals surface area contributed by atoms with Crippen molar-refractivity contribution in [1.82, 2.24) is 14.8 Å². The number of aryl methyl sites for hydroxylation is 1. The van der Waals surface area contributed by atoms with Crippen LogP contribution in [0.25, 0.3) is 11.1 Å². The lowest BCUT2D eigenvalue weighted by Gasteiger charge is -2.48. The Hall–Kier alpha value is -2.72. The molecule has 174 valence electrons. The summed E-state index contributed by atoms with van der Waals surface area (Å²) in [6, 6.07) is 4.10. The Morgan fingerprint density at radius 2 is 1.94 bits per heavy atom. The van der Waals surface area contributed by atoms with Gasteiger partial charge < -0.3 is 14.5 Å². The number of rotatable bonds is 8. The van der Waals surface area contributed by atoms with Gasteiger partial charge >= 0.3 is 5.76 Å². The number of nitro benzene ring substituents is 1. The van der Waals surface area contributed by atoms with Gasteiger partial charge in [0, 0.05) is 44.2 Å². The van der Waals surface area contributed by atoms with E-state index in [1.54, 1.807) is 0 Å². The van der Waals surface area contributed by atoms with Gasteiger partial charge in [0.05, 0.1) is 29.7 Å². The highest BCUT2D eigenvalue weighted by molar-refractivity contribution is 5.76. The summed E-state index contributed by atoms with van der Waals surface area (Å²) in [6.07, 6.45) is 6.57. The van der Waals surface area contributed by atoms with Gasteiger partial charge in [-0.2, -0.15) is 0 Å². The molecule has 0 radical (unpaired) electrons. The Morgan fingerprint density at radius 3 is 2.66 bits per heavy atom. The number of aromatic nitrogens is 1. The number of morpholine rings is 1. The SMILES string of the molecule is O=C(CCCn1c(=O)oc2cc([N+](=O)[O-])ccc21)NCC1(N2CCOCC2)CCCCC1. The summed E-state index contributed by atoms with van der Waals surface area (Å²) in [5, 5.41) is 14.0. The van der Waals surface area contributed by atoms with Crippen molar-refractivity contribution in [3.8, 4) is 0 Å². The smallest absolute Gasteiger partial charge is 0.407 e. The summed E-state index contributed by atoms with van der Waals surface area (Å²) in [5.41, 5.74) is 0.562. The molecule has 4 rings (SSSR count). The maximum Gasteiger partial charge on any atom is 0.419 e. The predicted molar refractivity (Wildman–Crippen MR) is 118 cm³/mol. The van der Waals surface area contributed by atoms with Crippen molar-refractivity contribution in [2.75, 3.05) is 32.8 Å². The number of fused-ring (bicyclic) bond motifs is 1. The maximum absolute atomic E-state index is 12.6. The molecule has 1 aliphatic heterocycles. The summed E-state index contributed by atoms with van der Waals surface area (Å²) in [4.78, 5) is 37.6. The molecule has 1 N–H and O–H groups in total. The van der Waals surface area contributed by atoms with E-state index in [-0.39, 0.29) is 22.7 Å². The van der Waals surface area contributed by atoms with Gasteiger partial charge in [-0.05, 0) is 25.3 Å². The van der Waals surface area contributed by atoms with Gasteiger partial charge in [-0.15, -0.1) is 0 Å². The van der Waals surface area contributed by atoms with Crippen LogP contribution in [0.5, 0.6) is 0 Å². The van der Waals surface area contributed by atoms with E-state index < -0.39 is 10.7 Å². The van der Waals surface area contributed by atoms with Crippen LogP contribution in [0.2, 0.25) is 0 Å². The number of amides is 1. The van der Waals surface area contributed by atoms with Gasteiger partial charge in [-0.1, -0.05) is 19.3 Å². The fraction of sp³-hybridized carbons (Fsp3) is 0.636. The van der Waals surface area contributed by atoms with Crippen molar-refractivity contribution in [3.63, 3.8) is 0 Å². The number of ether oxygens (including phenoxy) is 1. The summed E-state index contributed by atoms with van der Waals surface area (Å²) >= 11 is 0. The molecule has 1 aromatic heterocycles. The molecule has 1 aliphatic carbocycles.